The predicted octanol–water partition coefficient (Wildman–Crippen LogP) is 1.83. The number of hydrogen-bond acceptors (Lipinski definition) is 7. The molecule has 1 atom stereocenters. The number of hydrazine groups is 1. The predicted molar refractivity (Wildman–Crippen MR) is 74.8 cm³/mol. The lowest BCUT2D eigenvalue weighted by Crippen LogP contribution is -2.20. The van der Waals surface area contributed by atoms with Crippen molar-refractivity contribution in [3.8, 4) is 0 Å². The van der Waals surface area contributed by atoms with Crippen LogP contribution in [0.4, 0.5) is 17.3 Å². The number of nitrogens with two attached hydrogens (primary N) is 1. The molecule has 0 spiro atoms. The van der Waals surface area contributed by atoms with E-state index in [1.807, 2.05) is 6.92 Å². The normalized spacial score (nSPS) is 11.9. The monoisotopic (exact) mass is 271 g/mol. The maximum Gasteiger partial charge on any atom is 0.311 e. The van der Waals surface area contributed by atoms with Gasteiger partial charge in [0.1, 0.15) is 5.82 Å². The Balaban J connectivity index is 2.86. The Morgan fingerprint density at radius 2 is 2.33 bits per heavy atom. The maximum atomic E-state index is 10.9. The molecule has 0 radical (unpaired) electrons. The minimum atomic E-state index is -0.463. The molecule has 1 aromatic rings. The summed E-state index contributed by atoms with van der Waals surface area (Å²) in [5.41, 5.74) is 2.32. The molecule has 0 aliphatic carbocycles. The first kappa shape index (κ1) is 14.5. The van der Waals surface area contributed by atoms with Gasteiger partial charge in [0.2, 0.25) is 5.82 Å². The van der Waals surface area contributed by atoms with Gasteiger partial charge in [-0.15, -0.1) is 0 Å². The first-order valence-electron chi connectivity index (χ1n) is 5.54. The van der Waals surface area contributed by atoms with Gasteiger partial charge >= 0.3 is 5.69 Å². The summed E-state index contributed by atoms with van der Waals surface area (Å²) in [6, 6.07) is 2.94. The van der Waals surface area contributed by atoms with E-state index >= 15 is 0 Å². The molecule has 0 aliphatic heterocycles. The van der Waals surface area contributed by atoms with Gasteiger partial charge in [-0.25, -0.2) is 10.8 Å². The molecule has 0 aromatic carbocycles. The van der Waals surface area contributed by atoms with Crippen molar-refractivity contribution in [2.45, 2.75) is 19.9 Å². The number of rotatable bonds is 7. The zero-order valence-corrected chi connectivity index (χ0v) is 11.2. The smallest absolute Gasteiger partial charge is 0.311 e. The fourth-order valence-electron chi connectivity index (χ4n) is 1.36. The number of aromatic nitrogens is 1. The van der Waals surface area contributed by atoms with Crippen molar-refractivity contribution in [3.63, 3.8) is 0 Å². The summed E-state index contributed by atoms with van der Waals surface area (Å²) in [7, 11) is 0. The first-order valence-corrected chi connectivity index (χ1v) is 6.70. The number of anilines is 2. The summed E-state index contributed by atoms with van der Waals surface area (Å²) in [5, 5.41) is 13.9. The summed E-state index contributed by atoms with van der Waals surface area (Å²) in [5.74, 6) is 7.73. The molecule has 0 fully saturated rings. The molecule has 0 saturated heterocycles. The molecule has 8 heteroatoms. The number of nitrogens with one attached hydrogen (secondary N) is 2. The van der Waals surface area contributed by atoms with Crippen LogP contribution in [0.5, 0.6) is 0 Å². The van der Waals surface area contributed by atoms with Crippen LogP contribution in [-0.2, 0) is 0 Å². The zero-order chi connectivity index (χ0) is 13.5. The lowest BCUT2D eigenvalue weighted by Gasteiger charge is -2.14. The Morgan fingerprint density at radius 3 is 2.89 bits per heavy atom. The third-order valence-electron chi connectivity index (χ3n) is 2.17. The molecule has 0 aliphatic rings. The van der Waals surface area contributed by atoms with Crippen molar-refractivity contribution in [1.29, 1.82) is 0 Å². The molecule has 1 unspecified atom stereocenters. The Kier molecular flexibility index (Phi) is 5.66. The highest BCUT2D eigenvalue weighted by atomic mass is 32.2. The largest absolute Gasteiger partial charge is 0.361 e. The molecule has 0 amide bonds. The Hall–Kier alpha value is -1.54. The first-order chi connectivity index (χ1) is 8.58. The highest BCUT2D eigenvalue weighted by molar-refractivity contribution is 7.99. The molecule has 100 valence electrons. The minimum absolute atomic E-state index is 0.0534. The summed E-state index contributed by atoms with van der Waals surface area (Å²) < 4.78 is 0. The second kappa shape index (κ2) is 7.02. The van der Waals surface area contributed by atoms with Crippen molar-refractivity contribution < 1.29 is 4.92 Å². The van der Waals surface area contributed by atoms with E-state index in [2.05, 4.69) is 22.7 Å². The highest BCUT2D eigenvalue weighted by Crippen LogP contribution is 2.24. The lowest BCUT2D eigenvalue weighted by molar-refractivity contribution is -0.384. The fraction of sp³-hybridized carbons (Fsp3) is 0.500. The molecule has 4 N–H and O–H groups in total. The number of nitrogen functional groups attached to an aromatic ring is 1. The van der Waals surface area contributed by atoms with Gasteiger partial charge in [0.25, 0.3) is 0 Å². The van der Waals surface area contributed by atoms with Gasteiger partial charge in [-0.1, -0.05) is 6.92 Å². The third-order valence-corrected chi connectivity index (χ3v) is 3.32. The highest BCUT2D eigenvalue weighted by Gasteiger charge is 2.17. The molecule has 18 heavy (non-hydrogen) atoms. The van der Waals surface area contributed by atoms with E-state index in [1.165, 1.54) is 12.1 Å². The quantitative estimate of drug-likeness (QED) is 0.394. The van der Waals surface area contributed by atoms with Crippen molar-refractivity contribution in [2.24, 2.45) is 5.84 Å². The average molecular weight is 271 g/mol. The van der Waals surface area contributed by atoms with Gasteiger partial charge in [0, 0.05) is 17.9 Å². The summed E-state index contributed by atoms with van der Waals surface area (Å²) in [6.07, 6.45) is 0. The van der Waals surface area contributed by atoms with Crippen molar-refractivity contribution >= 4 is 29.1 Å². The van der Waals surface area contributed by atoms with Crippen LogP contribution >= 0.6 is 11.8 Å². The molecule has 7 nitrogen and oxygen atoms in total. The standard InChI is InChI=1S/C10H17N5O2S/c1-3-18-6-7(2)12-10-8(15(16)17)4-5-9(13-10)14-11/h4-5,7H,3,6,11H2,1-2H3,(H2,12,13,14). The minimum Gasteiger partial charge on any atom is -0.361 e. The van der Waals surface area contributed by atoms with Crippen LogP contribution in [0.3, 0.4) is 0 Å². The number of nitro groups is 1. The van der Waals surface area contributed by atoms with E-state index in [-0.39, 0.29) is 17.5 Å². The van der Waals surface area contributed by atoms with Crippen LogP contribution in [0.1, 0.15) is 13.8 Å². The van der Waals surface area contributed by atoms with Gasteiger partial charge in [-0.3, -0.25) is 10.1 Å². The van der Waals surface area contributed by atoms with Gasteiger partial charge in [-0.2, -0.15) is 11.8 Å². The Morgan fingerprint density at radius 1 is 1.61 bits per heavy atom. The van der Waals surface area contributed by atoms with Crippen LogP contribution in [0.25, 0.3) is 0 Å². The Bertz CT molecular complexity index is 415. The Labute approximate surface area is 110 Å². The van der Waals surface area contributed by atoms with E-state index in [4.69, 9.17) is 5.84 Å². The SMILES string of the molecule is CCSCC(C)Nc1nc(NN)ccc1[N+](=O)[O-]. The van der Waals surface area contributed by atoms with Crippen molar-refractivity contribution in [3.05, 3.63) is 22.2 Å². The molecule has 1 aromatic heterocycles. The van der Waals surface area contributed by atoms with Crippen LogP contribution < -0.4 is 16.6 Å². The second-order valence-electron chi connectivity index (χ2n) is 3.67. The number of hydrogen-bond donors (Lipinski definition) is 3. The molecular formula is C10H17N5O2S. The van der Waals surface area contributed by atoms with Gasteiger partial charge in [0.05, 0.1) is 4.92 Å². The topological polar surface area (TPSA) is 106 Å². The number of thioether (sulfide) groups is 1. The lowest BCUT2D eigenvalue weighted by atomic mass is 10.3. The third kappa shape index (κ3) is 4.04. The van der Waals surface area contributed by atoms with Crippen LogP contribution in [-0.4, -0.2) is 27.5 Å². The summed E-state index contributed by atoms with van der Waals surface area (Å²) in [6.45, 7) is 4.02. The van der Waals surface area contributed by atoms with E-state index in [9.17, 15) is 10.1 Å². The van der Waals surface area contributed by atoms with Crippen molar-refractivity contribution in [1.82, 2.24) is 4.98 Å². The van der Waals surface area contributed by atoms with Crippen LogP contribution in [0.15, 0.2) is 12.1 Å². The summed E-state index contributed by atoms with van der Waals surface area (Å²) >= 11 is 1.76. The zero-order valence-electron chi connectivity index (χ0n) is 10.3. The molecule has 0 saturated carbocycles. The maximum absolute atomic E-state index is 10.9. The van der Waals surface area contributed by atoms with Crippen LogP contribution in [0.2, 0.25) is 0 Å². The molecular weight excluding hydrogens is 254 g/mol. The van der Waals surface area contributed by atoms with Crippen LogP contribution in [0, 0.1) is 10.1 Å². The number of nitrogens with zero attached hydrogens (tertiary/aromatic N) is 2. The van der Waals surface area contributed by atoms with Gasteiger partial charge in [0.15, 0.2) is 0 Å². The fourth-order valence-corrected chi connectivity index (χ4v) is 2.03. The second-order valence-corrected chi connectivity index (χ2v) is 4.99. The summed E-state index contributed by atoms with van der Waals surface area (Å²) in [4.78, 5) is 14.5. The number of pyridine rings is 1. The van der Waals surface area contributed by atoms with E-state index in [0.29, 0.717) is 5.82 Å². The van der Waals surface area contributed by atoms with E-state index in [1.54, 1.807) is 11.8 Å². The molecule has 0 bridgehead atoms. The van der Waals surface area contributed by atoms with Gasteiger partial charge < -0.3 is 10.7 Å². The van der Waals surface area contributed by atoms with Gasteiger partial charge in [-0.05, 0) is 18.7 Å². The van der Waals surface area contributed by atoms with Crippen molar-refractivity contribution in [2.75, 3.05) is 22.2 Å². The van der Waals surface area contributed by atoms with E-state index < -0.39 is 4.92 Å². The van der Waals surface area contributed by atoms with E-state index in [0.717, 1.165) is 11.5 Å². The average Bonchev–Trinajstić information content (AvgIpc) is 2.35. The molecule has 1 heterocycles. The molecule has 1 rings (SSSR count).